The molecular weight excluding hydrogens is 258 g/mol. The molecule has 1 amide bonds. The summed E-state index contributed by atoms with van der Waals surface area (Å²) in [4.78, 5) is 15.9. The number of aryl methyl sites for hydroxylation is 2. The van der Waals surface area contributed by atoms with Crippen molar-refractivity contribution in [1.82, 2.24) is 15.5 Å². The Bertz CT molecular complexity index is 433. The number of aliphatic hydroxyl groups is 1. The Morgan fingerprint density at radius 2 is 2.15 bits per heavy atom. The van der Waals surface area contributed by atoms with E-state index in [1.165, 1.54) is 12.8 Å². The zero-order valence-corrected chi connectivity index (χ0v) is 12.0. The van der Waals surface area contributed by atoms with Crippen LogP contribution in [-0.4, -0.2) is 34.3 Å². The van der Waals surface area contributed by atoms with Crippen LogP contribution in [0.1, 0.15) is 43.8 Å². The van der Waals surface area contributed by atoms with Crippen molar-refractivity contribution in [3.63, 3.8) is 0 Å². The summed E-state index contributed by atoms with van der Waals surface area (Å²) >= 11 is 0. The van der Waals surface area contributed by atoms with Gasteiger partial charge in [-0.15, -0.1) is 0 Å². The lowest BCUT2D eigenvalue weighted by atomic mass is 9.79. The number of nitrogens with one attached hydrogen (secondary N) is 1. The molecule has 6 nitrogen and oxygen atoms in total. The number of amides is 1. The molecule has 2 N–H and O–H groups in total. The molecule has 2 rings (SSSR count). The van der Waals surface area contributed by atoms with Gasteiger partial charge in [0, 0.05) is 26.0 Å². The van der Waals surface area contributed by atoms with Gasteiger partial charge in [0.05, 0.1) is 0 Å². The van der Waals surface area contributed by atoms with Crippen LogP contribution in [0.25, 0.3) is 0 Å². The first kappa shape index (κ1) is 15.0. The molecule has 1 aromatic heterocycles. The van der Waals surface area contributed by atoms with E-state index in [9.17, 15) is 9.90 Å². The number of carbonyl (C=O) groups is 1. The smallest absolute Gasteiger partial charge is 0.227 e. The van der Waals surface area contributed by atoms with Gasteiger partial charge in [-0.1, -0.05) is 18.0 Å². The van der Waals surface area contributed by atoms with E-state index < -0.39 is 0 Å². The molecule has 1 saturated carbocycles. The van der Waals surface area contributed by atoms with E-state index in [0.29, 0.717) is 42.9 Å². The highest BCUT2D eigenvalue weighted by Crippen LogP contribution is 2.29. The second-order valence-electron chi connectivity index (χ2n) is 5.53. The summed E-state index contributed by atoms with van der Waals surface area (Å²) in [5.74, 6) is 1.84. The maximum atomic E-state index is 11.8. The number of aliphatic hydroxyl groups excluding tert-OH is 1. The number of aromatic nitrogens is 2. The lowest BCUT2D eigenvalue weighted by Crippen LogP contribution is -2.35. The summed E-state index contributed by atoms with van der Waals surface area (Å²) < 4.78 is 4.97. The second-order valence-corrected chi connectivity index (χ2v) is 5.53. The van der Waals surface area contributed by atoms with E-state index in [4.69, 9.17) is 4.52 Å². The van der Waals surface area contributed by atoms with E-state index in [2.05, 4.69) is 15.5 Å². The minimum Gasteiger partial charge on any atom is -0.396 e. The van der Waals surface area contributed by atoms with Crippen LogP contribution in [0.4, 0.5) is 0 Å². The van der Waals surface area contributed by atoms with Crippen LogP contribution in [0, 0.1) is 18.8 Å². The van der Waals surface area contributed by atoms with Crippen LogP contribution in [0.2, 0.25) is 0 Å². The predicted octanol–water partition coefficient (Wildman–Crippen LogP) is 1.23. The van der Waals surface area contributed by atoms with Crippen LogP contribution in [0.3, 0.4) is 0 Å². The minimum atomic E-state index is 0.00289. The number of nitrogens with zero attached hydrogens (tertiary/aromatic N) is 2. The molecule has 0 radical (unpaired) electrons. The van der Waals surface area contributed by atoms with E-state index in [0.717, 1.165) is 12.8 Å². The average Bonchev–Trinajstić information content (AvgIpc) is 2.89. The zero-order chi connectivity index (χ0) is 14.4. The molecule has 0 spiro atoms. The second kappa shape index (κ2) is 7.38. The summed E-state index contributed by atoms with van der Waals surface area (Å²) in [5, 5.41) is 16.0. The van der Waals surface area contributed by atoms with Crippen LogP contribution in [0.15, 0.2) is 4.52 Å². The Morgan fingerprint density at radius 3 is 2.80 bits per heavy atom. The predicted molar refractivity (Wildman–Crippen MR) is 72.9 cm³/mol. The Hall–Kier alpha value is -1.43. The summed E-state index contributed by atoms with van der Waals surface area (Å²) in [7, 11) is 0. The summed E-state index contributed by atoms with van der Waals surface area (Å²) in [6, 6.07) is 0. The first-order valence-corrected chi connectivity index (χ1v) is 7.35. The van der Waals surface area contributed by atoms with Crippen molar-refractivity contribution in [3.05, 3.63) is 11.7 Å². The highest BCUT2D eigenvalue weighted by molar-refractivity contribution is 5.75. The van der Waals surface area contributed by atoms with Crippen molar-refractivity contribution in [3.8, 4) is 0 Å². The molecule has 1 aromatic rings. The zero-order valence-electron chi connectivity index (χ0n) is 12.0. The summed E-state index contributed by atoms with van der Waals surface area (Å²) in [6.07, 6.45) is 5.37. The monoisotopic (exact) mass is 281 g/mol. The first-order chi connectivity index (χ1) is 9.69. The molecule has 2 unspecified atom stereocenters. The highest BCUT2D eigenvalue weighted by atomic mass is 16.5. The Labute approximate surface area is 118 Å². The standard InChI is InChI=1S/C14H23N3O3/c1-10-16-14(20-17-10)7-6-13(19)15-8-11-4-2-3-5-12(11)9-18/h11-12,18H,2-9H2,1H3,(H,15,19). The van der Waals surface area contributed by atoms with Gasteiger partial charge >= 0.3 is 0 Å². The fourth-order valence-electron chi connectivity index (χ4n) is 2.79. The van der Waals surface area contributed by atoms with Gasteiger partial charge in [0.15, 0.2) is 5.82 Å². The molecule has 0 bridgehead atoms. The summed E-state index contributed by atoms with van der Waals surface area (Å²) in [6.45, 7) is 2.64. The van der Waals surface area contributed by atoms with Gasteiger partial charge < -0.3 is 14.9 Å². The Kier molecular flexibility index (Phi) is 5.52. The average molecular weight is 281 g/mol. The van der Waals surface area contributed by atoms with Gasteiger partial charge in [0.25, 0.3) is 0 Å². The fraction of sp³-hybridized carbons (Fsp3) is 0.786. The van der Waals surface area contributed by atoms with Gasteiger partial charge in [0.1, 0.15) is 0 Å². The third kappa shape index (κ3) is 4.30. The van der Waals surface area contributed by atoms with Crippen molar-refractivity contribution in [1.29, 1.82) is 0 Å². The van der Waals surface area contributed by atoms with Gasteiger partial charge in [-0.2, -0.15) is 4.98 Å². The van der Waals surface area contributed by atoms with Crippen molar-refractivity contribution < 1.29 is 14.4 Å². The molecule has 20 heavy (non-hydrogen) atoms. The van der Waals surface area contributed by atoms with Crippen LogP contribution >= 0.6 is 0 Å². The normalized spacial score (nSPS) is 22.7. The van der Waals surface area contributed by atoms with Crippen LogP contribution in [-0.2, 0) is 11.2 Å². The largest absolute Gasteiger partial charge is 0.396 e. The van der Waals surface area contributed by atoms with E-state index >= 15 is 0 Å². The van der Waals surface area contributed by atoms with E-state index in [1.807, 2.05) is 0 Å². The van der Waals surface area contributed by atoms with Gasteiger partial charge in [0.2, 0.25) is 11.8 Å². The third-order valence-corrected chi connectivity index (χ3v) is 4.00. The molecule has 112 valence electrons. The van der Waals surface area contributed by atoms with Crippen molar-refractivity contribution in [2.75, 3.05) is 13.2 Å². The number of rotatable bonds is 6. The topological polar surface area (TPSA) is 88.2 Å². The molecule has 0 aromatic carbocycles. The number of hydrogen-bond donors (Lipinski definition) is 2. The first-order valence-electron chi connectivity index (χ1n) is 7.35. The lowest BCUT2D eigenvalue weighted by Gasteiger charge is -2.30. The SMILES string of the molecule is Cc1noc(CCC(=O)NCC2CCCCC2CO)n1. The number of hydrogen-bond acceptors (Lipinski definition) is 5. The van der Waals surface area contributed by atoms with Gasteiger partial charge in [-0.3, -0.25) is 4.79 Å². The summed E-state index contributed by atoms with van der Waals surface area (Å²) in [5.41, 5.74) is 0. The van der Waals surface area contributed by atoms with Crippen LogP contribution < -0.4 is 5.32 Å². The molecule has 1 fully saturated rings. The molecular formula is C14H23N3O3. The molecule has 0 aliphatic heterocycles. The number of carbonyl (C=O) groups excluding carboxylic acids is 1. The highest BCUT2D eigenvalue weighted by Gasteiger charge is 2.24. The quantitative estimate of drug-likeness (QED) is 0.818. The molecule has 1 aliphatic rings. The molecule has 1 aliphatic carbocycles. The van der Waals surface area contributed by atoms with Crippen LogP contribution in [0.5, 0.6) is 0 Å². The third-order valence-electron chi connectivity index (χ3n) is 4.00. The maximum Gasteiger partial charge on any atom is 0.227 e. The van der Waals surface area contributed by atoms with Crippen molar-refractivity contribution in [2.45, 2.75) is 45.4 Å². The maximum absolute atomic E-state index is 11.8. The molecule has 6 heteroatoms. The van der Waals surface area contributed by atoms with Crippen molar-refractivity contribution in [2.24, 2.45) is 11.8 Å². The van der Waals surface area contributed by atoms with Gasteiger partial charge in [-0.25, -0.2) is 0 Å². The lowest BCUT2D eigenvalue weighted by molar-refractivity contribution is -0.121. The Morgan fingerprint density at radius 1 is 1.40 bits per heavy atom. The van der Waals surface area contributed by atoms with Crippen molar-refractivity contribution >= 4 is 5.91 Å². The van der Waals surface area contributed by atoms with E-state index in [-0.39, 0.29) is 12.5 Å². The van der Waals surface area contributed by atoms with E-state index in [1.54, 1.807) is 6.92 Å². The van der Waals surface area contributed by atoms with Gasteiger partial charge in [-0.05, 0) is 31.6 Å². The Balaban J connectivity index is 1.69. The fourth-order valence-corrected chi connectivity index (χ4v) is 2.79. The minimum absolute atomic E-state index is 0.00289. The molecule has 2 atom stereocenters. The molecule has 1 heterocycles. The molecule has 0 saturated heterocycles.